The Labute approximate surface area is 127 Å². The molecule has 1 atom stereocenters. The number of rotatable bonds is 3. The lowest BCUT2D eigenvalue weighted by Crippen LogP contribution is -2.32. The average Bonchev–Trinajstić information content (AvgIpc) is 2.76. The molecule has 0 radical (unpaired) electrons. The number of halogens is 2. The maximum absolute atomic E-state index is 11.7. The number of aryl methyl sites for hydroxylation is 1. The van der Waals surface area contributed by atoms with E-state index in [4.69, 9.17) is 22.3 Å². The van der Waals surface area contributed by atoms with E-state index < -0.39 is 24.4 Å². The summed E-state index contributed by atoms with van der Waals surface area (Å²) >= 11 is 6.10. The lowest BCUT2D eigenvalue weighted by molar-refractivity contribution is 0.327. The van der Waals surface area contributed by atoms with E-state index in [1.165, 1.54) is 4.68 Å². The Hall–Kier alpha value is -0.310. The molecule has 114 valence electrons. The first-order chi connectivity index (χ1) is 9.00. The summed E-state index contributed by atoms with van der Waals surface area (Å²) in [7, 11) is -1.81. The van der Waals surface area contributed by atoms with Gasteiger partial charge in [-0.1, -0.05) is 18.5 Å². The van der Waals surface area contributed by atoms with E-state index in [1.54, 1.807) is 13.8 Å². The molecule has 1 aliphatic rings. The van der Waals surface area contributed by atoms with Crippen LogP contribution in [0.2, 0.25) is 5.15 Å². The van der Waals surface area contributed by atoms with Gasteiger partial charge in [-0.2, -0.15) is 5.10 Å². The Morgan fingerprint density at radius 2 is 2.05 bits per heavy atom. The van der Waals surface area contributed by atoms with Crippen molar-refractivity contribution >= 4 is 41.2 Å². The fourth-order valence-electron chi connectivity index (χ4n) is 2.42. The molecular formula is C10H14Cl2N2O4S2. The molecule has 0 saturated carbocycles. The molecule has 0 bridgehead atoms. The summed E-state index contributed by atoms with van der Waals surface area (Å²) in [5.41, 5.74) is -0.602. The van der Waals surface area contributed by atoms with Gasteiger partial charge in [0, 0.05) is 10.7 Å². The van der Waals surface area contributed by atoms with Crippen molar-refractivity contribution in [3.8, 4) is 0 Å². The normalized spacial score (nSPS) is 26.0. The van der Waals surface area contributed by atoms with Crippen molar-refractivity contribution in [2.75, 3.05) is 11.5 Å². The number of sulfone groups is 1. The molecule has 6 nitrogen and oxygen atoms in total. The van der Waals surface area contributed by atoms with Crippen molar-refractivity contribution < 1.29 is 16.8 Å². The molecule has 0 amide bonds. The summed E-state index contributed by atoms with van der Waals surface area (Å²) in [6, 6.07) is 0. The van der Waals surface area contributed by atoms with Crippen LogP contribution in [0, 0.1) is 0 Å². The highest BCUT2D eigenvalue weighted by Crippen LogP contribution is 2.37. The third-order valence-corrected chi connectivity index (χ3v) is 7.16. The first-order valence-electron chi connectivity index (χ1n) is 5.93. The lowest BCUT2D eigenvalue weighted by atomic mass is 10.0. The Morgan fingerprint density at radius 3 is 2.40 bits per heavy atom. The zero-order valence-corrected chi connectivity index (χ0v) is 14.1. The molecule has 0 N–H and O–H groups in total. The molecule has 10 heteroatoms. The third kappa shape index (κ3) is 2.70. The highest BCUT2D eigenvalue weighted by Gasteiger charge is 2.43. The summed E-state index contributed by atoms with van der Waals surface area (Å²) in [6.07, 6.45) is 0.665. The lowest BCUT2D eigenvalue weighted by Gasteiger charge is -2.23. The van der Waals surface area contributed by atoms with Crippen molar-refractivity contribution in [2.24, 2.45) is 0 Å². The van der Waals surface area contributed by atoms with Crippen LogP contribution in [-0.2, 0) is 30.8 Å². The fourth-order valence-corrected chi connectivity index (χ4v) is 6.54. The van der Waals surface area contributed by atoms with Crippen LogP contribution in [0.3, 0.4) is 0 Å². The van der Waals surface area contributed by atoms with Crippen molar-refractivity contribution in [1.29, 1.82) is 0 Å². The van der Waals surface area contributed by atoms with E-state index >= 15 is 0 Å². The number of hydrogen-bond acceptors (Lipinski definition) is 5. The monoisotopic (exact) mass is 360 g/mol. The van der Waals surface area contributed by atoms with Crippen molar-refractivity contribution in [3.05, 3.63) is 10.8 Å². The molecule has 1 unspecified atom stereocenters. The van der Waals surface area contributed by atoms with Crippen LogP contribution in [0.15, 0.2) is 4.90 Å². The second kappa shape index (κ2) is 4.86. The van der Waals surface area contributed by atoms with Gasteiger partial charge in [0.25, 0.3) is 9.05 Å². The van der Waals surface area contributed by atoms with Crippen LogP contribution in [0.25, 0.3) is 0 Å². The zero-order valence-electron chi connectivity index (χ0n) is 10.9. The van der Waals surface area contributed by atoms with Gasteiger partial charge in [-0.25, -0.2) is 21.5 Å². The van der Waals surface area contributed by atoms with Crippen LogP contribution in [0.5, 0.6) is 0 Å². The van der Waals surface area contributed by atoms with Crippen LogP contribution < -0.4 is 0 Å². The van der Waals surface area contributed by atoms with E-state index in [2.05, 4.69) is 5.10 Å². The quantitative estimate of drug-likeness (QED) is 0.763. The van der Waals surface area contributed by atoms with Crippen molar-refractivity contribution in [3.63, 3.8) is 0 Å². The summed E-state index contributed by atoms with van der Waals surface area (Å²) in [6.45, 7) is 3.42. The standard InChI is InChI=1S/C10H14Cl2N2O4S2/c1-3-7-8(20(12,17)18)9(11)14(13-7)10(2)4-5-19(15,16)6-10/h3-6H2,1-2H3. The third-order valence-electron chi connectivity index (χ3n) is 3.43. The summed E-state index contributed by atoms with van der Waals surface area (Å²) < 4.78 is 47.8. The summed E-state index contributed by atoms with van der Waals surface area (Å²) in [4.78, 5) is -0.228. The first kappa shape index (κ1) is 16.1. The molecule has 1 aliphatic heterocycles. The van der Waals surface area contributed by atoms with E-state index in [1.807, 2.05) is 0 Å². The minimum atomic E-state index is -4.03. The van der Waals surface area contributed by atoms with Gasteiger partial charge in [0.2, 0.25) is 0 Å². The maximum atomic E-state index is 11.7. The minimum Gasteiger partial charge on any atom is -0.245 e. The Morgan fingerprint density at radius 1 is 1.45 bits per heavy atom. The SMILES string of the molecule is CCc1nn(C2(C)CCS(=O)(=O)C2)c(Cl)c1S(=O)(=O)Cl. The number of nitrogens with zero attached hydrogens (tertiary/aromatic N) is 2. The molecular weight excluding hydrogens is 347 g/mol. The van der Waals surface area contributed by atoms with Gasteiger partial charge in [0.15, 0.2) is 9.84 Å². The Balaban J connectivity index is 2.64. The molecule has 0 aromatic carbocycles. The maximum Gasteiger partial charge on any atom is 0.266 e. The van der Waals surface area contributed by atoms with Gasteiger partial charge in [-0.3, -0.25) is 0 Å². The molecule has 0 spiro atoms. The molecule has 1 saturated heterocycles. The Bertz CT molecular complexity index is 754. The van der Waals surface area contributed by atoms with Crippen LogP contribution >= 0.6 is 22.3 Å². The topological polar surface area (TPSA) is 86.1 Å². The predicted octanol–water partition coefficient (Wildman–Crippen LogP) is 1.56. The molecule has 2 rings (SSSR count). The van der Waals surface area contributed by atoms with E-state index in [0.717, 1.165) is 0 Å². The van der Waals surface area contributed by atoms with Gasteiger partial charge in [-0.05, 0) is 19.8 Å². The molecule has 20 heavy (non-hydrogen) atoms. The molecule has 1 fully saturated rings. The van der Waals surface area contributed by atoms with Gasteiger partial charge in [0.1, 0.15) is 10.0 Å². The van der Waals surface area contributed by atoms with Crippen LogP contribution in [-0.4, -0.2) is 38.1 Å². The molecule has 1 aromatic rings. The second-order valence-electron chi connectivity index (χ2n) is 5.11. The molecule has 1 aromatic heterocycles. The van der Waals surface area contributed by atoms with Gasteiger partial charge in [-0.15, -0.1) is 0 Å². The fraction of sp³-hybridized carbons (Fsp3) is 0.700. The van der Waals surface area contributed by atoms with Crippen molar-refractivity contribution in [1.82, 2.24) is 9.78 Å². The summed E-state index contributed by atoms with van der Waals surface area (Å²) in [5, 5.41) is 4.04. The second-order valence-corrected chi connectivity index (χ2v) is 10.2. The predicted molar refractivity (Wildman–Crippen MR) is 76.6 cm³/mol. The van der Waals surface area contributed by atoms with E-state index in [9.17, 15) is 16.8 Å². The van der Waals surface area contributed by atoms with Gasteiger partial charge >= 0.3 is 0 Å². The van der Waals surface area contributed by atoms with Crippen molar-refractivity contribution in [2.45, 2.75) is 37.1 Å². The van der Waals surface area contributed by atoms with E-state index in [-0.39, 0.29) is 27.2 Å². The smallest absolute Gasteiger partial charge is 0.245 e. The van der Waals surface area contributed by atoms with Crippen LogP contribution in [0.1, 0.15) is 26.0 Å². The zero-order chi connectivity index (χ0) is 15.3. The minimum absolute atomic E-state index is 0.0319. The largest absolute Gasteiger partial charge is 0.266 e. The molecule has 2 heterocycles. The average molecular weight is 361 g/mol. The summed E-state index contributed by atoms with van der Waals surface area (Å²) in [5.74, 6) is -0.0869. The number of aromatic nitrogens is 2. The Kier molecular flexibility index (Phi) is 3.90. The highest BCUT2D eigenvalue weighted by atomic mass is 35.7. The van der Waals surface area contributed by atoms with Gasteiger partial charge in [0.05, 0.1) is 22.7 Å². The highest BCUT2D eigenvalue weighted by molar-refractivity contribution is 8.13. The van der Waals surface area contributed by atoms with Gasteiger partial charge < -0.3 is 0 Å². The van der Waals surface area contributed by atoms with Crippen LogP contribution in [0.4, 0.5) is 0 Å². The molecule has 0 aliphatic carbocycles. The first-order valence-corrected chi connectivity index (χ1v) is 10.4. The number of hydrogen-bond donors (Lipinski definition) is 0. The van der Waals surface area contributed by atoms with E-state index in [0.29, 0.717) is 12.8 Å².